The number of hydrogen-bond donors (Lipinski definition) is 1. The fourth-order valence-electron chi connectivity index (χ4n) is 2.92. The van der Waals surface area contributed by atoms with Crippen molar-refractivity contribution in [2.45, 2.75) is 12.8 Å². The normalized spacial score (nSPS) is 18.2. The van der Waals surface area contributed by atoms with Crippen LogP contribution in [0, 0.1) is 5.92 Å². The monoisotopic (exact) mass is 318 g/mol. The first kappa shape index (κ1) is 17.3. The number of benzene rings is 1. The number of amides is 1. The van der Waals surface area contributed by atoms with Crippen molar-refractivity contribution in [3.05, 3.63) is 29.8 Å². The van der Waals surface area contributed by atoms with Gasteiger partial charge in [0.1, 0.15) is 11.5 Å². The molecule has 0 aliphatic carbocycles. The molecule has 1 saturated heterocycles. The summed E-state index contributed by atoms with van der Waals surface area (Å²) in [7, 11) is 5.18. The number of nitrogens with zero attached hydrogens (tertiary/aromatic N) is 1. The molecule has 1 aliphatic heterocycles. The fraction of sp³-hybridized carbons (Fsp3) is 0.500. The minimum absolute atomic E-state index is 0.0626. The maximum Gasteiger partial charge on any atom is 0.246 e. The molecule has 1 N–H and O–H groups in total. The quantitative estimate of drug-likeness (QED) is 0.817. The van der Waals surface area contributed by atoms with E-state index in [1.165, 1.54) is 6.42 Å². The van der Waals surface area contributed by atoms with E-state index in [0.29, 0.717) is 17.4 Å². The lowest BCUT2D eigenvalue weighted by Gasteiger charge is -2.32. The van der Waals surface area contributed by atoms with Crippen LogP contribution in [0.1, 0.15) is 18.4 Å². The number of hydrogen-bond acceptors (Lipinski definition) is 4. The molecule has 126 valence electrons. The number of likely N-dealkylation sites (tertiary alicyclic amines) is 1. The van der Waals surface area contributed by atoms with Gasteiger partial charge in [-0.3, -0.25) is 4.79 Å². The molecule has 5 nitrogen and oxygen atoms in total. The number of piperidine rings is 1. The summed E-state index contributed by atoms with van der Waals surface area (Å²) in [5.74, 6) is 2.03. The third kappa shape index (κ3) is 4.99. The van der Waals surface area contributed by atoms with Crippen LogP contribution in [0.25, 0.3) is 6.08 Å². The van der Waals surface area contributed by atoms with E-state index >= 15 is 0 Å². The van der Waals surface area contributed by atoms with Crippen LogP contribution < -0.4 is 14.8 Å². The largest absolute Gasteiger partial charge is 0.497 e. The predicted molar refractivity (Wildman–Crippen MR) is 91.8 cm³/mol. The van der Waals surface area contributed by atoms with Gasteiger partial charge in [0.2, 0.25) is 5.91 Å². The Morgan fingerprint density at radius 1 is 1.30 bits per heavy atom. The zero-order valence-corrected chi connectivity index (χ0v) is 14.2. The smallest absolute Gasteiger partial charge is 0.246 e. The lowest BCUT2D eigenvalue weighted by molar-refractivity contribution is -0.127. The van der Waals surface area contributed by atoms with Gasteiger partial charge in [0.05, 0.1) is 14.2 Å². The van der Waals surface area contributed by atoms with E-state index in [1.807, 2.05) is 36.2 Å². The van der Waals surface area contributed by atoms with E-state index < -0.39 is 0 Å². The highest BCUT2D eigenvalue weighted by atomic mass is 16.5. The number of methoxy groups -OCH3 is 2. The van der Waals surface area contributed by atoms with E-state index in [4.69, 9.17) is 9.47 Å². The zero-order valence-electron chi connectivity index (χ0n) is 14.2. The number of carbonyl (C=O) groups excluding carboxylic acids is 1. The lowest BCUT2D eigenvalue weighted by atomic mass is 9.98. The average Bonchev–Trinajstić information content (AvgIpc) is 2.59. The molecule has 1 atom stereocenters. The molecule has 1 aromatic rings. The molecule has 0 radical (unpaired) electrons. The van der Waals surface area contributed by atoms with Crippen molar-refractivity contribution in [2.24, 2.45) is 5.92 Å². The summed E-state index contributed by atoms with van der Waals surface area (Å²) in [5.41, 5.74) is 0.887. The fourth-order valence-corrected chi connectivity index (χ4v) is 2.92. The van der Waals surface area contributed by atoms with Gasteiger partial charge in [-0.1, -0.05) is 0 Å². The molecule has 0 bridgehead atoms. The highest BCUT2D eigenvalue weighted by Gasteiger charge is 2.21. The molecule has 5 heteroatoms. The van der Waals surface area contributed by atoms with Crippen molar-refractivity contribution < 1.29 is 14.3 Å². The van der Waals surface area contributed by atoms with E-state index in [9.17, 15) is 4.79 Å². The number of nitrogens with one attached hydrogen (secondary N) is 1. The van der Waals surface area contributed by atoms with E-state index in [1.54, 1.807) is 20.3 Å². The molecule has 1 amide bonds. The summed E-state index contributed by atoms with van der Waals surface area (Å²) in [5, 5.41) is 3.20. The SMILES string of the molecule is CNCC1CCCN(C(=O)C=Cc2cc(OC)cc(OC)c2)C1. The summed E-state index contributed by atoms with van der Waals surface area (Å²) in [4.78, 5) is 14.3. The summed E-state index contributed by atoms with van der Waals surface area (Å²) in [6.07, 6.45) is 5.70. The third-order valence-electron chi connectivity index (χ3n) is 4.12. The Morgan fingerprint density at radius 3 is 2.61 bits per heavy atom. The van der Waals surface area contributed by atoms with Crippen LogP contribution in [0.4, 0.5) is 0 Å². The summed E-state index contributed by atoms with van der Waals surface area (Å²) in [6, 6.07) is 5.57. The molecule has 1 aliphatic rings. The summed E-state index contributed by atoms with van der Waals surface area (Å²) >= 11 is 0. The number of rotatable bonds is 6. The predicted octanol–water partition coefficient (Wildman–Crippen LogP) is 2.17. The van der Waals surface area contributed by atoms with Crippen molar-refractivity contribution in [1.82, 2.24) is 10.2 Å². The third-order valence-corrected chi connectivity index (χ3v) is 4.12. The van der Waals surface area contributed by atoms with Crippen molar-refractivity contribution in [3.63, 3.8) is 0 Å². The van der Waals surface area contributed by atoms with Crippen molar-refractivity contribution in [2.75, 3.05) is 40.9 Å². The minimum atomic E-state index is 0.0626. The first-order valence-corrected chi connectivity index (χ1v) is 8.01. The summed E-state index contributed by atoms with van der Waals surface area (Å²) < 4.78 is 10.5. The lowest BCUT2D eigenvalue weighted by Crippen LogP contribution is -2.41. The Kier molecular flexibility index (Phi) is 6.47. The second-order valence-electron chi connectivity index (χ2n) is 5.83. The van der Waals surface area contributed by atoms with Gasteiger partial charge < -0.3 is 19.7 Å². The topological polar surface area (TPSA) is 50.8 Å². The van der Waals surface area contributed by atoms with Gasteiger partial charge in [-0.2, -0.15) is 0 Å². The second-order valence-corrected chi connectivity index (χ2v) is 5.83. The number of carbonyl (C=O) groups is 1. The molecule has 0 spiro atoms. The highest BCUT2D eigenvalue weighted by Crippen LogP contribution is 2.23. The minimum Gasteiger partial charge on any atom is -0.497 e. The maximum absolute atomic E-state index is 12.4. The van der Waals surface area contributed by atoms with Crippen molar-refractivity contribution >= 4 is 12.0 Å². The van der Waals surface area contributed by atoms with Crippen LogP contribution in [0.15, 0.2) is 24.3 Å². The molecule has 23 heavy (non-hydrogen) atoms. The van der Waals surface area contributed by atoms with E-state index in [0.717, 1.165) is 31.6 Å². The Labute approximate surface area is 138 Å². The maximum atomic E-state index is 12.4. The van der Waals surface area contributed by atoms with Gasteiger partial charge >= 0.3 is 0 Å². The number of ether oxygens (including phenoxy) is 2. The van der Waals surface area contributed by atoms with Gasteiger partial charge in [0.15, 0.2) is 0 Å². The van der Waals surface area contributed by atoms with Crippen LogP contribution >= 0.6 is 0 Å². The zero-order chi connectivity index (χ0) is 16.7. The Hall–Kier alpha value is -2.01. The molecule has 2 rings (SSSR count). The molecule has 1 aromatic carbocycles. The van der Waals surface area contributed by atoms with E-state index in [-0.39, 0.29) is 5.91 Å². The van der Waals surface area contributed by atoms with Gasteiger partial charge in [-0.15, -0.1) is 0 Å². The molecule has 1 fully saturated rings. The van der Waals surface area contributed by atoms with Crippen LogP contribution in [0.3, 0.4) is 0 Å². The summed E-state index contributed by atoms with van der Waals surface area (Å²) in [6.45, 7) is 2.62. The van der Waals surface area contributed by atoms with Crippen LogP contribution in [0.2, 0.25) is 0 Å². The van der Waals surface area contributed by atoms with Gasteiger partial charge in [0.25, 0.3) is 0 Å². The molecule has 0 aromatic heterocycles. The molecule has 1 heterocycles. The van der Waals surface area contributed by atoms with E-state index in [2.05, 4.69) is 5.32 Å². The van der Waals surface area contributed by atoms with Crippen LogP contribution in [-0.4, -0.2) is 51.7 Å². The molecule has 1 unspecified atom stereocenters. The van der Waals surface area contributed by atoms with Gasteiger partial charge in [-0.25, -0.2) is 0 Å². The molecular weight excluding hydrogens is 292 g/mol. The van der Waals surface area contributed by atoms with Crippen LogP contribution in [0.5, 0.6) is 11.5 Å². The van der Waals surface area contributed by atoms with Gasteiger partial charge in [0, 0.05) is 25.2 Å². The Morgan fingerprint density at radius 2 is 2.00 bits per heavy atom. The Bertz CT molecular complexity index is 533. The first-order chi connectivity index (χ1) is 11.2. The van der Waals surface area contributed by atoms with Crippen molar-refractivity contribution in [3.8, 4) is 11.5 Å². The first-order valence-electron chi connectivity index (χ1n) is 8.01. The second kappa shape index (κ2) is 8.58. The van der Waals surface area contributed by atoms with Gasteiger partial charge in [-0.05, 0) is 56.1 Å². The van der Waals surface area contributed by atoms with Crippen molar-refractivity contribution in [1.29, 1.82) is 0 Å². The molecule has 0 saturated carbocycles. The standard InChI is InChI=1S/C18H26N2O3/c1-19-12-15-5-4-8-20(13-15)18(21)7-6-14-9-16(22-2)11-17(10-14)23-3/h6-7,9-11,15,19H,4-5,8,12-13H2,1-3H3. The highest BCUT2D eigenvalue weighted by molar-refractivity contribution is 5.92. The van der Waals surface area contributed by atoms with Crippen LogP contribution in [-0.2, 0) is 4.79 Å². The average molecular weight is 318 g/mol. The Balaban J connectivity index is 2.03. The molecular formula is C18H26N2O3.